The van der Waals surface area contributed by atoms with Crippen LogP contribution in [0, 0.1) is 20.8 Å². The summed E-state index contributed by atoms with van der Waals surface area (Å²) in [5.74, 6) is 0.831. The molecule has 0 amide bonds. The Kier molecular flexibility index (Phi) is 4.66. The van der Waals surface area contributed by atoms with Crippen molar-refractivity contribution in [2.75, 3.05) is 13.2 Å². The van der Waals surface area contributed by atoms with E-state index in [0.29, 0.717) is 0 Å². The maximum Gasteiger partial charge on any atom is 0.136 e. The molecule has 0 spiro atoms. The second kappa shape index (κ2) is 6.29. The molecule has 3 N–H and O–H groups in total. The van der Waals surface area contributed by atoms with Gasteiger partial charge in [0.05, 0.1) is 0 Å². The van der Waals surface area contributed by atoms with Crippen LogP contribution in [0.25, 0.3) is 0 Å². The topological polar surface area (TPSA) is 55.5 Å². The summed E-state index contributed by atoms with van der Waals surface area (Å²) in [6.07, 6.45) is 0. The van der Waals surface area contributed by atoms with Gasteiger partial charge in [0.2, 0.25) is 0 Å². The van der Waals surface area contributed by atoms with Crippen LogP contribution in [-0.2, 0) is 5.60 Å². The molecular weight excluding hydrogens is 262 g/mol. The van der Waals surface area contributed by atoms with E-state index < -0.39 is 5.60 Å². The highest BCUT2D eigenvalue weighted by Gasteiger charge is 2.29. The van der Waals surface area contributed by atoms with Gasteiger partial charge in [0.25, 0.3) is 0 Å². The standard InChI is InChI=1S/C18H23NO2/c1-13-9-10-14(2)17(15(13)3)21-12-18(20,11-19)16-7-5-4-6-8-16/h4-10,20H,11-12,19H2,1-3H3. The molecule has 0 aromatic heterocycles. The van der Waals surface area contributed by atoms with Crippen molar-refractivity contribution in [2.45, 2.75) is 26.4 Å². The summed E-state index contributed by atoms with van der Waals surface area (Å²) in [7, 11) is 0. The molecule has 2 aromatic rings. The van der Waals surface area contributed by atoms with Crippen LogP contribution in [0.2, 0.25) is 0 Å². The molecule has 21 heavy (non-hydrogen) atoms. The predicted octanol–water partition coefficient (Wildman–Crippen LogP) is 2.84. The van der Waals surface area contributed by atoms with Gasteiger partial charge in [-0.15, -0.1) is 0 Å². The van der Waals surface area contributed by atoms with Gasteiger partial charge in [-0.3, -0.25) is 0 Å². The van der Waals surface area contributed by atoms with Crippen LogP contribution in [0.5, 0.6) is 5.75 Å². The van der Waals surface area contributed by atoms with Gasteiger partial charge < -0.3 is 15.6 Å². The first-order valence-electron chi connectivity index (χ1n) is 7.15. The van der Waals surface area contributed by atoms with Crippen LogP contribution in [0.4, 0.5) is 0 Å². The van der Waals surface area contributed by atoms with E-state index in [0.717, 1.165) is 22.4 Å². The summed E-state index contributed by atoms with van der Waals surface area (Å²) in [4.78, 5) is 0. The lowest BCUT2D eigenvalue weighted by molar-refractivity contribution is -0.00184. The highest BCUT2D eigenvalue weighted by molar-refractivity contribution is 5.44. The maximum atomic E-state index is 10.8. The monoisotopic (exact) mass is 285 g/mol. The van der Waals surface area contributed by atoms with Crippen molar-refractivity contribution in [3.63, 3.8) is 0 Å². The van der Waals surface area contributed by atoms with Crippen molar-refractivity contribution in [2.24, 2.45) is 5.73 Å². The Morgan fingerprint density at radius 3 is 2.24 bits per heavy atom. The zero-order chi connectivity index (χ0) is 15.5. The van der Waals surface area contributed by atoms with Crippen molar-refractivity contribution < 1.29 is 9.84 Å². The first kappa shape index (κ1) is 15.5. The second-order valence-electron chi connectivity index (χ2n) is 5.54. The van der Waals surface area contributed by atoms with Gasteiger partial charge in [0, 0.05) is 6.54 Å². The van der Waals surface area contributed by atoms with Crippen molar-refractivity contribution >= 4 is 0 Å². The number of nitrogens with two attached hydrogens (primary N) is 1. The Morgan fingerprint density at radius 2 is 1.62 bits per heavy atom. The Morgan fingerprint density at radius 1 is 1.00 bits per heavy atom. The SMILES string of the molecule is Cc1ccc(C)c(OCC(O)(CN)c2ccccc2)c1C. The molecule has 0 aliphatic carbocycles. The number of aliphatic hydroxyl groups is 1. The average molecular weight is 285 g/mol. The average Bonchev–Trinajstić information content (AvgIpc) is 2.51. The zero-order valence-corrected chi connectivity index (χ0v) is 12.9. The number of hydrogen-bond acceptors (Lipinski definition) is 3. The summed E-state index contributed by atoms with van der Waals surface area (Å²) in [6, 6.07) is 13.5. The molecule has 0 aliphatic heterocycles. The fraction of sp³-hybridized carbons (Fsp3) is 0.333. The third-order valence-electron chi connectivity index (χ3n) is 3.98. The van der Waals surface area contributed by atoms with E-state index in [9.17, 15) is 5.11 Å². The van der Waals surface area contributed by atoms with Crippen molar-refractivity contribution in [3.05, 3.63) is 64.7 Å². The van der Waals surface area contributed by atoms with Gasteiger partial charge in [-0.1, -0.05) is 42.5 Å². The third kappa shape index (κ3) is 3.26. The maximum absolute atomic E-state index is 10.8. The largest absolute Gasteiger partial charge is 0.490 e. The summed E-state index contributed by atoms with van der Waals surface area (Å²) < 4.78 is 5.93. The van der Waals surface area contributed by atoms with Crippen molar-refractivity contribution in [3.8, 4) is 5.75 Å². The predicted molar refractivity (Wildman–Crippen MR) is 85.5 cm³/mol. The molecule has 3 heteroatoms. The summed E-state index contributed by atoms with van der Waals surface area (Å²) >= 11 is 0. The summed E-state index contributed by atoms with van der Waals surface area (Å²) in [5.41, 5.74) is 8.71. The minimum Gasteiger partial charge on any atom is -0.490 e. The van der Waals surface area contributed by atoms with E-state index >= 15 is 0 Å². The van der Waals surface area contributed by atoms with E-state index in [4.69, 9.17) is 10.5 Å². The molecule has 0 fully saturated rings. The molecule has 0 saturated carbocycles. The lowest BCUT2D eigenvalue weighted by Crippen LogP contribution is -2.40. The van der Waals surface area contributed by atoms with Crippen LogP contribution >= 0.6 is 0 Å². The number of hydrogen-bond donors (Lipinski definition) is 2. The highest BCUT2D eigenvalue weighted by Crippen LogP contribution is 2.28. The highest BCUT2D eigenvalue weighted by atomic mass is 16.5. The Bertz CT molecular complexity index is 610. The normalized spacial score (nSPS) is 13.8. The molecule has 112 valence electrons. The smallest absolute Gasteiger partial charge is 0.136 e. The lowest BCUT2D eigenvalue weighted by atomic mass is 9.95. The van der Waals surface area contributed by atoms with Gasteiger partial charge in [-0.2, -0.15) is 0 Å². The molecule has 0 heterocycles. The summed E-state index contributed by atoms with van der Waals surface area (Å²) in [6.45, 7) is 6.33. The second-order valence-corrected chi connectivity index (χ2v) is 5.54. The molecule has 3 nitrogen and oxygen atoms in total. The van der Waals surface area contributed by atoms with Crippen molar-refractivity contribution in [1.82, 2.24) is 0 Å². The quantitative estimate of drug-likeness (QED) is 0.888. The minimum atomic E-state index is -1.18. The number of benzene rings is 2. The first-order valence-corrected chi connectivity index (χ1v) is 7.15. The molecular formula is C18H23NO2. The first-order chi connectivity index (χ1) is 9.98. The van der Waals surface area contributed by atoms with Gasteiger partial charge in [-0.25, -0.2) is 0 Å². The molecule has 1 atom stereocenters. The fourth-order valence-electron chi connectivity index (χ4n) is 2.35. The van der Waals surface area contributed by atoms with Gasteiger partial charge in [0.15, 0.2) is 0 Å². The van der Waals surface area contributed by atoms with Crippen LogP contribution in [0.15, 0.2) is 42.5 Å². The molecule has 0 aliphatic rings. The molecule has 2 aromatic carbocycles. The third-order valence-corrected chi connectivity index (χ3v) is 3.98. The Hall–Kier alpha value is -1.84. The van der Waals surface area contributed by atoms with E-state index in [1.54, 1.807) is 0 Å². The van der Waals surface area contributed by atoms with E-state index in [1.165, 1.54) is 5.56 Å². The molecule has 0 radical (unpaired) electrons. The van der Waals surface area contributed by atoms with E-state index in [1.807, 2.05) is 57.2 Å². The fourth-order valence-corrected chi connectivity index (χ4v) is 2.35. The Labute approximate surface area is 126 Å². The van der Waals surface area contributed by atoms with Crippen LogP contribution in [-0.4, -0.2) is 18.3 Å². The summed E-state index contributed by atoms with van der Waals surface area (Å²) in [5, 5.41) is 10.8. The molecule has 0 bridgehead atoms. The van der Waals surface area contributed by atoms with Crippen LogP contribution in [0.3, 0.4) is 0 Å². The van der Waals surface area contributed by atoms with Gasteiger partial charge >= 0.3 is 0 Å². The Balaban J connectivity index is 2.24. The number of aryl methyl sites for hydroxylation is 2. The molecule has 0 saturated heterocycles. The van der Waals surface area contributed by atoms with Crippen LogP contribution < -0.4 is 10.5 Å². The minimum absolute atomic E-state index is 0.112. The van der Waals surface area contributed by atoms with E-state index in [-0.39, 0.29) is 13.2 Å². The molecule has 2 rings (SSSR count). The number of rotatable bonds is 5. The van der Waals surface area contributed by atoms with Gasteiger partial charge in [0.1, 0.15) is 18.0 Å². The van der Waals surface area contributed by atoms with Crippen LogP contribution in [0.1, 0.15) is 22.3 Å². The van der Waals surface area contributed by atoms with E-state index in [2.05, 4.69) is 6.07 Å². The number of ether oxygens (including phenoxy) is 1. The molecule has 1 unspecified atom stereocenters. The lowest BCUT2D eigenvalue weighted by Gasteiger charge is -2.28. The van der Waals surface area contributed by atoms with Crippen molar-refractivity contribution in [1.29, 1.82) is 0 Å². The van der Waals surface area contributed by atoms with Gasteiger partial charge in [-0.05, 0) is 43.0 Å². The zero-order valence-electron chi connectivity index (χ0n) is 12.9.